The predicted molar refractivity (Wildman–Crippen MR) is 109 cm³/mol. The second-order valence-electron chi connectivity index (χ2n) is 7.37. The summed E-state index contributed by atoms with van der Waals surface area (Å²) in [6.45, 7) is 1.13. The van der Waals surface area contributed by atoms with Crippen molar-refractivity contribution in [2.45, 2.75) is 38.5 Å². The molecule has 4 rings (SSSR count). The van der Waals surface area contributed by atoms with Gasteiger partial charge in [0.2, 0.25) is 0 Å². The molecule has 0 saturated carbocycles. The van der Waals surface area contributed by atoms with Crippen molar-refractivity contribution >= 4 is 5.91 Å². The van der Waals surface area contributed by atoms with Gasteiger partial charge in [-0.2, -0.15) is 4.98 Å². The van der Waals surface area contributed by atoms with E-state index in [1.54, 1.807) is 4.90 Å². The molecule has 2 heterocycles. The van der Waals surface area contributed by atoms with E-state index in [4.69, 9.17) is 14.0 Å². The summed E-state index contributed by atoms with van der Waals surface area (Å²) in [5, 5.41) is 4.08. The Morgan fingerprint density at radius 2 is 1.90 bits per heavy atom. The molecule has 1 amide bonds. The first-order valence-corrected chi connectivity index (χ1v) is 10.3. The van der Waals surface area contributed by atoms with E-state index in [2.05, 4.69) is 10.1 Å². The van der Waals surface area contributed by atoms with Gasteiger partial charge in [0.25, 0.3) is 11.8 Å². The smallest absolute Gasteiger partial charge is 0.261 e. The molecule has 1 aliphatic heterocycles. The Labute approximate surface area is 179 Å². The Hall–Kier alpha value is -3.26. The van der Waals surface area contributed by atoms with Crippen LogP contribution in [0.2, 0.25) is 0 Å². The van der Waals surface area contributed by atoms with Gasteiger partial charge in [-0.1, -0.05) is 35.5 Å². The van der Waals surface area contributed by atoms with Gasteiger partial charge in [0.15, 0.2) is 12.4 Å². The van der Waals surface area contributed by atoms with Crippen molar-refractivity contribution in [2.75, 3.05) is 13.2 Å². The summed E-state index contributed by atoms with van der Waals surface area (Å²) < 4.78 is 29.5. The van der Waals surface area contributed by atoms with E-state index in [9.17, 15) is 9.18 Å². The van der Waals surface area contributed by atoms with Gasteiger partial charge >= 0.3 is 0 Å². The topological polar surface area (TPSA) is 77.7 Å². The molecule has 162 valence electrons. The minimum atomic E-state index is -0.351. The van der Waals surface area contributed by atoms with Gasteiger partial charge in [0.1, 0.15) is 18.2 Å². The van der Waals surface area contributed by atoms with Crippen LogP contribution >= 0.6 is 0 Å². The van der Waals surface area contributed by atoms with Gasteiger partial charge in [0, 0.05) is 6.54 Å². The number of carbonyl (C=O) groups is 1. The number of piperidine rings is 1. The van der Waals surface area contributed by atoms with Crippen LogP contribution in [0, 0.1) is 5.82 Å². The third kappa shape index (κ3) is 5.67. The summed E-state index contributed by atoms with van der Waals surface area (Å²) in [4.78, 5) is 18.9. The Balaban J connectivity index is 1.33. The summed E-state index contributed by atoms with van der Waals surface area (Å²) in [5.74, 6) is 0.788. The number of likely N-dealkylation sites (tertiary alicyclic amines) is 1. The molecule has 7 nitrogen and oxygen atoms in total. The van der Waals surface area contributed by atoms with Crippen LogP contribution in [-0.2, 0) is 22.7 Å². The maximum absolute atomic E-state index is 13.0. The van der Waals surface area contributed by atoms with E-state index in [0.717, 1.165) is 24.8 Å². The molecule has 31 heavy (non-hydrogen) atoms. The van der Waals surface area contributed by atoms with E-state index >= 15 is 0 Å². The van der Waals surface area contributed by atoms with Crippen molar-refractivity contribution in [3.63, 3.8) is 0 Å². The van der Waals surface area contributed by atoms with Crippen LogP contribution in [0.1, 0.15) is 42.6 Å². The molecule has 0 bridgehead atoms. The van der Waals surface area contributed by atoms with Crippen molar-refractivity contribution in [3.8, 4) is 5.75 Å². The fraction of sp³-hybridized carbons (Fsp3) is 0.348. The van der Waals surface area contributed by atoms with Crippen LogP contribution in [0.4, 0.5) is 4.39 Å². The molecule has 3 aromatic rings. The summed E-state index contributed by atoms with van der Waals surface area (Å²) >= 11 is 0. The van der Waals surface area contributed by atoms with Crippen LogP contribution in [0.15, 0.2) is 59.1 Å². The van der Waals surface area contributed by atoms with Gasteiger partial charge in [-0.15, -0.1) is 0 Å². The highest BCUT2D eigenvalue weighted by atomic mass is 19.1. The van der Waals surface area contributed by atoms with Gasteiger partial charge in [-0.05, 0) is 49.1 Å². The van der Waals surface area contributed by atoms with Gasteiger partial charge in [-0.25, -0.2) is 4.39 Å². The number of benzene rings is 2. The molecule has 1 unspecified atom stereocenters. The van der Waals surface area contributed by atoms with E-state index in [-0.39, 0.29) is 31.0 Å². The molecule has 1 aromatic heterocycles. The lowest BCUT2D eigenvalue weighted by molar-refractivity contribution is -0.137. The number of halogens is 1. The fourth-order valence-corrected chi connectivity index (χ4v) is 3.55. The highest BCUT2D eigenvalue weighted by Crippen LogP contribution is 2.29. The standard InChI is InChI=1S/C23H24FN3O4/c24-18-9-11-19(12-10-18)30-16-22(28)27-13-5-4-8-20(27)23-25-21(31-26-23)15-29-14-17-6-2-1-3-7-17/h1-3,6-7,9-12,20H,4-5,8,13-16H2. The average Bonchev–Trinajstić information content (AvgIpc) is 3.28. The fourth-order valence-electron chi connectivity index (χ4n) is 3.55. The molecule has 1 saturated heterocycles. The normalized spacial score (nSPS) is 16.3. The first-order chi connectivity index (χ1) is 15.2. The molecule has 8 heteroatoms. The van der Waals surface area contributed by atoms with E-state index in [1.165, 1.54) is 24.3 Å². The number of aromatic nitrogens is 2. The Morgan fingerprint density at radius 1 is 1.10 bits per heavy atom. The van der Waals surface area contributed by atoms with Crippen molar-refractivity contribution in [3.05, 3.63) is 77.7 Å². The van der Waals surface area contributed by atoms with Crippen LogP contribution < -0.4 is 4.74 Å². The van der Waals surface area contributed by atoms with Gasteiger partial charge in [-0.3, -0.25) is 4.79 Å². The minimum absolute atomic E-state index is 0.132. The van der Waals surface area contributed by atoms with Crippen molar-refractivity contribution in [1.29, 1.82) is 0 Å². The molecule has 1 aliphatic rings. The average molecular weight is 425 g/mol. The quantitative estimate of drug-likeness (QED) is 0.542. The molecular weight excluding hydrogens is 401 g/mol. The Kier molecular flexibility index (Phi) is 6.89. The van der Waals surface area contributed by atoms with Crippen LogP contribution in [0.3, 0.4) is 0 Å². The second kappa shape index (κ2) is 10.2. The molecule has 0 spiro atoms. The Morgan fingerprint density at radius 3 is 2.71 bits per heavy atom. The highest BCUT2D eigenvalue weighted by Gasteiger charge is 2.31. The van der Waals surface area contributed by atoms with Gasteiger partial charge < -0.3 is 18.9 Å². The van der Waals surface area contributed by atoms with Crippen molar-refractivity contribution < 1.29 is 23.2 Å². The lowest BCUT2D eigenvalue weighted by atomic mass is 10.0. The number of nitrogens with zero attached hydrogens (tertiary/aromatic N) is 3. The largest absolute Gasteiger partial charge is 0.484 e. The van der Waals surface area contributed by atoms with E-state index in [0.29, 0.717) is 30.6 Å². The van der Waals surface area contributed by atoms with Crippen molar-refractivity contribution in [2.24, 2.45) is 0 Å². The second-order valence-corrected chi connectivity index (χ2v) is 7.37. The molecule has 0 N–H and O–H groups in total. The summed E-state index contributed by atoms with van der Waals surface area (Å²) in [6, 6.07) is 15.2. The monoisotopic (exact) mass is 425 g/mol. The SMILES string of the molecule is O=C(COc1ccc(F)cc1)N1CCCCC1c1noc(COCc2ccccc2)n1. The number of hydrogen-bond acceptors (Lipinski definition) is 6. The lowest BCUT2D eigenvalue weighted by Crippen LogP contribution is -2.41. The summed E-state index contributed by atoms with van der Waals surface area (Å²) in [7, 11) is 0. The number of amides is 1. The maximum Gasteiger partial charge on any atom is 0.261 e. The first kappa shape index (κ1) is 21.0. The number of rotatable bonds is 8. The summed E-state index contributed by atoms with van der Waals surface area (Å²) in [5.41, 5.74) is 1.06. The highest BCUT2D eigenvalue weighted by molar-refractivity contribution is 5.78. The van der Waals surface area contributed by atoms with Crippen LogP contribution in [0.25, 0.3) is 0 Å². The van der Waals surface area contributed by atoms with Gasteiger partial charge in [0.05, 0.1) is 12.6 Å². The molecule has 2 aromatic carbocycles. The lowest BCUT2D eigenvalue weighted by Gasteiger charge is -2.33. The van der Waals surface area contributed by atoms with Crippen LogP contribution in [0.5, 0.6) is 5.75 Å². The van der Waals surface area contributed by atoms with E-state index in [1.807, 2.05) is 30.3 Å². The zero-order valence-electron chi connectivity index (χ0n) is 17.1. The molecule has 0 aliphatic carbocycles. The maximum atomic E-state index is 13.0. The zero-order valence-corrected chi connectivity index (χ0v) is 17.1. The third-order valence-electron chi connectivity index (χ3n) is 5.12. The number of hydrogen-bond donors (Lipinski definition) is 0. The van der Waals surface area contributed by atoms with E-state index < -0.39 is 0 Å². The number of ether oxygens (including phenoxy) is 2. The molecule has 0 radical (unpaired) electrons. The minimum Gasteiger partial charge on any atom is -0.484 e. The van der Waals surface area contributed by atoms with Crippen LogP contribution in [-0.4, -0.2) is 34.1 Å². The molecular formula is C23H24FN3O4. The first-order valence-electron chi connectivity index (χ1n) is 10.3. The van der Waals surface area contributed by atoms with Crippen molar-refractivity contribution in [1.82, 2.24) is 15.0 Å². The zero-order chi connectivity index (χ0) is 21.5. The predicted octanol–water partition coefficient (Wildman–Crippen LogP) is 4.06. The third-order valence-corrected chi connectivity index (χ3v) is 5.12. The molecule has 1 fully saturated rings. The number of carbonyl (C=O) groups excluding carboxylic acids is 1. The molecule has 1 atom stereocenters. The summed E-state index contributed by atoms with van der Waals surface area (Å²) in [6.07, 6.45) is 2.64. The Bertz CT molecular complexity index is 978.